The molecule has 0 atom stereocenters. The summed E-state index contributed by atoms with van der Waals surface area (Å²) >= 11 is 0. The fraction of sp³-hybridized carbons (Fsp3) is 0.222. The summed E-state index contributed by atoms with van der Waals surface area (Å²) < 4.78 is 1.96. The predicted octanol–water partition coefficient (Wildman–Crippen LogP) is 1.17. The highest BCUT2D eigenvalue weighted by Crippen LogP contribution is 2.17. The Morgan fingerprint density at radius 2 is 2.43 bits per heavy atom. The topological polar surface area (TPSA) is 58.9 Å². The third-order valence-corrected chi connectivity index (χ3v) is 2.42. The minimum absolute atomic E-state index is 0.784. The van der Waals surface area contributed by atoms with E-state index in [0.717, 1.165) is 23.2 Å². The van der Waals surface area contributed by atoms with Crippen molar-refractivity contribution in [3.05, 3.63) is 24.3 Å². The molecule has 0 amide bonds. The molecule has 3 heterocycles. The Morgan fingerprint density at radius 1 is 1.50 bits per heavy atom. The Kier molecular flexibility index (Phi) is 1.36. The largest absolute Gasteiger partial charge is 0.345 e. The van der Waals surface area contributed by atoms with E-state index in [1.165, 1.54) is 5.56 Å². The van der Waals surface area contributed by atoms with Gasteiger partial charge in [-0.3, -0.25) is 4.40 Å². The second kappa shape index (κ2) is 2.54. The zero-order valence-electron chi connectivity index (χ0n) is 7.73. The van der Waals surface area contributed by atoms with Gasteiger partial charge in [-0.05, 0) is 12.0 Å². The number of nitrogens with zero attached hydrogens (tertiary/aromatic N) is 4. The zero-order valence-corrected chi connectivity index (χ0v) is 7.73. The second-order valence-electron chi connectivity index (χ2n) is 3.18. The number of aromatic nitrogens is 5. The van der Waals surface area contributed by atoms with Gasteiger partial charge < -0.3 is 4.98 Å². The van der Waals surface area contributed by atoms with Crippen LogP contribution in [0, 0.1) is 0 Å². The van der Waals surface area contributed by atoms with E-state index in [1.807, 2.05) is 10.6 Å². The summed E-state index contributed by atoms with van der Waals surface area (Å²) in [4.78, 5) is 7.40. The van der Waals surface area contributed by atoms with Gasteiger partial charge in [0.2, 0.25) is 0 Å². The van der Waals surface area contributed by atoms with Gasteiger partial charge in [-0.25, -0.2) is 4.98 Å². The second-order valence-corrected chi connectivity index (χ2v) is 3.18. The zero-order chi connectivity index (χ0) is 9.54. The summed E-state index contributed by atoms with van der Waals surface area (Å²) in [6, 6.07) is 0. The predicted molar refractivity (Wildman–Crippen MR) is 52.0 cm³/mol. The van der Waals surface area contributed by atoms with Crippen molar-refractivity contribution in [2.75, 3.05) is 0 Å². The number of aromatic amines is 1. The molecule has 3 aromatic heterocycles. The van der Waals surface area contributed by atoms with Crippen molar-refractivity contribution >= 4 is 16.8 Å². The Hall–Kier alpha value is -1.91. The van der Waals surface area contributed by atoms with Crippen LogP contribution in [0.15, 0.2) is 18.7 Å². The molecular formula is C9H9N5. The highest BCUT2D eigenvalue weighted by molar-refractivity contribution is 5.78. The van der Waals surface area contributed by atoms with E-state index >= 15 is 0 Å². The highest BCUT2D eigenvalue weighted by atomic mass is 15.2. The SMILES string of the molecule is CCc1c[nH]c2ncc3nncn3c12. The summed E-state index contributed by atoms with van der Waals surface area (Å²) in [5.41, 5.74) is 3.98. The Morgan fingerprint density at radius 3 is 3.29 bits per heavy atom. The van der Waals surface area contributed by atoms with Crippen LogP contribution < -0.4 is 0 Å². The lowest BCUT2D eigenvalue weighted by Gasteiger charge is -1.96. The lowest BCUT2D eigenvalue weighted by molar-refractivity contribution is 1.10. The fourth-order valence-corrected chi connectivity index (χ4v) is 1.71. The van der Waals surface area contributed by atoms with Crippen molar-refractivity contribution in [3.63, 3.8) is 0 Å². The van der Waals surface area contributed by atoms with Crippen molar-refractivity contribution in [2.24, 2.45) is 0 Å². The van der Waals surface area contributed by atoms with Crippen LogP contribution in [0.5, 0.6) is 0 Å². The monoisotopic (exact) mass is 187 g/mol. The minimum Gasteiger partial charge on any atom is -0.345 e. The van der Waals surface area contributed by atoms with E-state index in [1.54, 1.807) is 12.5 Å². The van der Waals surface area contributed by atoms with Crippen LogP contribution in [0.3, 0.4) is 0 Å². The highest BCUT2D eigenvalue weighted by Gasteiger charge is 2.07. The first-order valence-electron chi connectivity index (χ1n) is 4.55. The third-order valence-electron chi connectivity index (χ3n) is 2.42. The molecule has 0 aromatic carbocycles. The molecule has 5 nitrogen and oxygen atoms in total. The summed E-state index contributed by atoms with van der Waals surface area (Å²) in [5, 5.41) is 7.83. The molecule has 0 aliphatic rings. The number of hydrogen-bond acceptors (Lipinski definition) is 3. The number of H-pyrrole nitrogens is 1. The quantitative estimate of drug-likeness (QED) is 0.622. The number of fused-ring (bicyclic) bond motifs is 3. The first kappa shape index (κ1) is 7.49. The van der Waals surface area contributed by atoms with E-state index in [9.17, 15) is 0 Å². The smallest absolute Gasteiger partial charge is 0.179 e. The van der Waals surface area contributed by atoms with Crippen LogP contribution in [0.25, 0.3) is 16.8 Å². The average Bonchev–Trinajstić information content (AvgIpc) is 2.82. The van der Waals surface area contributed by atoms with Gasteiger partial charge in [0.25, 0.3) is 0 Å². The summed E-state index contributed by atoms with van der Waals surface area (Å²) in [5.74, 6) is 0. The van der Waals surface area contributed by atoms with Crippen molar-refractivity contribution < 1.29 is 0 Å². The van der Waals surface area contributed by atoms with Gasteiger partial charge >= 0.3 is 0 Å². The molecule has 3 rings (SSSR count). The fourth-order valence-electron chi connectivity index (χ4n) is 1.71. The van der Waals surface area contributed by atoms with Crippen molar-refractivity contribution in [3.8, 4) is 0 Å². The molecule has 0 fully saturated rings. The van der Waals surface area contributed by atoms with Crippen LogP contribution in [-0.4, -0.2) is 24.6 Å². The molecule has 70 valence electrons. The Labute approximate surface area is 79.8 Å². The van der Waals surface area contributed by atoms with E-state index < -0.39 is 0 Å². The molecule has 0 unspecified atom stereocenters. The molecule has 0 spiro atoms. The molecule has 0 radical (unpaired) electrons. The summed E-state index contributed by atoms with van der Waals surface area (Å²) in [6.45, 7) is 2.12. The van der Waals surface area contributed by atoms with Crippen molar-refractivity contribution in [1.82, 2.24) is 24.6 Å². The lowest BCUT2D eigenvalue weighted by atomic mass is 10.2. The Balaban J connectivity index is 2.58. The molecule has 0 saturated heterocycles. The van der Waals surface area contributed by atoms with Crippen LogP contribution in [0.4, 0.5) is 0 Å². The van der Waals surface area contributed by atoms with E-state index in [-0.39, 0.29) is 0 Å². The normalized spacial score (nSPS) is 11.5. The molecular weight excluding hydrogens is 178 g/mol. The van der Waals surface area contributed by atoms with Crippen LogP contribution in [-0.2, 0) is 6.42 Å². The van der Waals surface area contributed by atoms with Gasteiger partial charge in [-0.2, -0.15) is 0 Å². The molecule has 5 heteroatoms. The van der Waals surface area contributed by atoms with Crippen molar-refractivity contribution in [1.29, 1.82) is 0 Å². The maximum absolute atomic E-state index is 4.27. The molecule has 0 saturated carbocycles. The maximum Gasteiger partial charge on any atom is 0.179 e. The summed E-state index contributed by atoms with van der Waals surface area (Å²) in [6.07, 6.45) is 6.38. The van der Waals surface area contributed by atoms with E-state index in [0.29, 0.717) is 0 Å². The van der Waals surface area contributed by atoms with E-state index in [4.69, 9.17) is 0 Å². The molecule has 0 bridgehead atoms. The van der Waals surface area contributed by atoms with Crippen LogP contribution in [0.1, 0.15) is 12.5 Å². The summed E-state index contributed by atoms with van der Waals surface area (Å²) in [7, 11) is 0. The van der Waals surface area contributed by atoms with Crippen molar-refractivity contribution in [2.45, 2.75) is 13.3 Å². The number of nitrogens with one attached hydrogen (secondary N) is 1. The first-order valence-corrected chi connectivity index (χ1v) is 4.55. The molecule has 3 aromatic rings. The average molecular weight is 187 g/mol. The number of rotatable bonds is 1. The Bertz CT molecular complexity index is 591. The van der Waals surface area contributed by atoms with Gasteiger partial charge in [0.1, 0.15) is 6.33 Å². The molecule has 1 N–H and O–H groups in total. The van der Waals surface area contributed by atoms with Gasteiger partial charge in [-0.1, -0.05) is 6.92 Å². The molecule has 14 heavy (non-hydrogen) atoms. The lowest BCUT2D eigenvalue weighted by Crippen LogP contribution is -1.90. The van der Waals surface area contributed by atoms with Crippen LogP contribution >= 0.6 is 0 Å². The van der Waals surface area contributed by atoms with Crippen LogP contribution in [0.2, 0.25) is 0 Å². The first-order chi connectivity index (χ1) is 6.90. The third kappa shape index (κ3) is 0.810. The number of aryl methyl sites for hydroxylation is 1. The molecule has 0 aliphatic carbocycles. The maximum atomic E-state index is 4.27. The minimum atomic E-state index is 0.784. The van der Waals surface area contributed by atoms with E-state index in [2.05, 4.69) is 27.1 Å². The van der Waals surface area contributed by atoms with Gasteiger partial charge in [-0.15, -0.1) is 10.2 Å². The van der Waals surface area contributed by atoms with Gasteiger partial charge in [0.15, 0.2) is 11.3 Å². The van der Waals surface area contributed by atoms with Gasteiger partial charge in [0.05, 0.1) is 11.7 Å². The standard InChI is InChI=1S/C9H9N5/c1-2-6-3-10-9-8(6)14-5-12-13-7(14)4-11-9/h3-5,10H,2H2,1H3. The van der Waals surface area contributed by atoms with Gasteiger partial charge in [0, 0.05) is 6.20 Å². The number of hydrogen-bond donors (Lipinski definition) is 1. The molecule has 0 aliphatic heterocycles.